The first kappa shape index (κ1) is 28.4. The van der Waals surface area contributed by atoms with Crippen molar-refractivity contribution in [3.63, 3.8) is 0 Å². The van der Waals surface area contributed by atoms with Crippen molar-refractivity contribution in [2.45, 2.75) is 38.2 Å². The Hall–Kier alpha value is -3.15. The molecule has 0 aliphatic carbocycles. The molecule has 2 amide bonds. The maximum Gasteiger partial charge on any atom is 0.416 e. The molecule has 12 heteroatoms. The van der Waals surface area contributed by atoms with E-state index in [-0.39, 0.29) is 31.1 Å². The van der Waals surface area contributed by atoms with Gasteiger partial charge in [0.25, 0.3) is 0 Å². The number of carbonyl (C=O) groups is 2. The number of nitrogens with two attached hydrogens (primary N) is 1. The lowest BCUT2D eigenvalue weighted by Gasteiger charge is -2.39. The number of nitrogens with zero attached hydrogens (tertiary/aromatic N) is 2. The lowest BCUT2D eigenvalue weighted by atomic mass is 9.78. The van der Waals surface area contributed by atoms with Crippen LogP contribution in [0, 0.1) is 18.7 Å². The number of halogens is 7. The van der Waals surface area contributed by atoms with Crippen LogP contribution in [0.4, 0.5) is 30.7 Å². The predicted octanol–water partition coefficient (Wildman–Crippen LogP) is 4.72. The minimum Gasteiger partial charge on any atom is -0.369 e. The van der Waals surface area contributed by atoms with Crippen molar-refractivity contribution in [3.05, 3.63) is 70.0 Å². The summed E-state index contributed by atoms with van der Waals surface area (Å²) in [7, 11) is 1.31. The van der Waals surface area contributed by atoms with E-state index >= 15 is 0 Å². The molecule has 3 rings (SSSR count). The number of likely N-dealkylation sites (tertiary alicyclic amines) is 1. The van der Waals surface area contributed by atoms with Gasteiger partial charge in [0.05, 0.1) is 17.7 Å². The molecule has 2 N–H and O–H groups in total. The van der Waals surface area contributed by atoms with Crippen LogP contribution in [0.25, 0.3) is 0 Å². The highest BCUT2D eigenvalue weighted by molar-refractivity contribution is 5.80. The Bertz CT molecular complexity index is 1130. The summed E-state index contributed by atoms with van der Waals surface area (Å²) in [6.45, 7) is 1.69. The predicted molar refractivity (Wildman–Crippen MR) is 121 cm³/mol. The van der Waals surface area contributed by atoms with E-state index in [2.05, 4.69) is 0 Å². The lowest BCUT2D eigenvalue weighted by Crippen LogP contribution is -2.48. The fourth-order valence-electron chi connectivity index (χ4n) is 4.79. The standard InChI is InChI=1S/C25H26F7N3O2/c1-14-7-18(26)3-4-19(14)21-12-35(13-22(33)36)6-5-20(21)23(37)34(2)11-15-8-16(24(27,28)29)10-17(9-15)25(30,31)32/h3-4,7-10,20-21H,5-6,11-13H2,1-2H3,(H2,33,36)/t20-,21+/m1/s1. The van der Waals surface area contributed by atoms with Crippen molar-refractivity contribution in [2.24, 2.45) is 11.7 Å². The van der Waals surface area contributed by atoms with Crippen LogP contribution in [0.3, 0.4) is 0 Å². The second kappa shape index (κ2) is 10.7. The molecule has 1 fully saturated rings. The van der Waals surface area contributed by atoms with Gasteiger partial charge in [-0.2, -0.15) is 26.3 Å². The molecule has 2 aromatic carbocycles. The number of amides is 2. The maximum absolute atomic E-state index is 13.7. The van der Waals surface area contributed by atoms with Crippen molar-refractivity contribution in [1.29, 1.82) is 0 Å². The third-order valence-corrected chi connectivity index (χ3v) is 6.47. The summed E-state index contributed by atoms with van der Waals surface area (Å²) in [6.07, 6.45) is -9.75. The first-order valence-corrected chi connectivity index (χ1v) is 11.4. The van der Waals surface area contributed by atoms with Gasteiger partial charge in [-0.3, -0.25) is 14.5 Å². The zero-order valence-electron chi connectivity index (χ0n) is 20.1. The molecule has 37 heavy (non-hydrogen) atoms. The van der Waals surface area contributed by atoms with E-state index in [4.69, 9.17) is 5.73 Å². The van der Waals surface area contributed by atoms with E-state index in [1.54, 1.807) is 11.8 Å². The summed E-state index contributed by atoms with van der Waals surface area (Å²) < 4.78 is 93.2. The van der Waals surface area contributed by atoms with E-state index in [0.29, 0.717) is 29.8 Å². The van der Waals surface area contributed by atoms with Gasteiger partial charge in [-0.05, 0) is 66.9 Å². The highest BCUT2D eigenvalue weighted by Gasteiger charge is 2.39. The first-order valence-electron chi connectivity index (χ1n) is 11.4. The third kappa shape index (κ3) is 7.00. The van der Waals surface area contributed by atoms with E-state index in [1.165, 1.54) is 25.2 Å². The van der Waals surface area contributed by atoms with Gasteiger partial charge in [-0.25, -0.2) is 4.39 Å². The topological polar surface area (TPSA) is 66.6 Å². The normalized spacial score (nSPS) is 19.1. The average molecular weight is 533 g/mol. The van der Waals surface area contributed by atoms with Crippen LogP contribution in [-0.4, -0.2) is 48.3 Å². The maximum atomic E-state index is 13.7. The number of aryl methyl sites for hydroxylation is 1. The smallest absolute Gasteiger partial charge is 0.369 e. The zero-order valence-corrected chi connectivity index (χ0v) is 20.1. The molecule has 1 heterocycles. The molecule has 202 valence electrons. The van der Waals surface area contributed by atoms with Crippen LogP contribution in [0.2, 0.25) is 0 Å². The molecule has 2 atom stereocenters. The molecule has 1 aliphatic rings. The van der Waals surface area contributed by atoms with Gasteiger partial charge in [-0.15, -0.1) is 0 Å². The second-order valence-electron chi connectivity index (χ2n) is 9.31. The molecular weight excluding hydrogens is 507 g/mol. The number of primary amides is 1. The van der Waals surface area contributed by atoms with Crippen LogP contribution in [0.5, 0.6) is 0 Å². The lowest BCUT2D eigenvalue weighted by molar-refractivity contribution is -0.143. The fraction of sp³-hybridized carbons (Fsp3) is 0.440. The van der Waals surface area contributed by atoms with Gasteiger partial charge in [0.15, 0.2) is 0 Å². The molecule has 0 radical (unpaired) electrons. The molecule has 0 unspecified atom stereocenters. The summed E-state index contributed by atoms with van der Waals surface area (Å²) in [5.74, 6) is -2.74. The number of hydrogen-bond donors (Lipinski definition) is 1. The number of hydrogen-bond acceptors (Lipinski definition) is 3. The van der Waals surface area contributed by atoms with Crippen molar-refractivity contribution in [1.82, 2.24) is 9.80 Å². The summed E-state index contributed by atoms with van der Waals surface area (Å²) in [5, 5.41) is 0. The second-order valence-corrected chi connectivity index (χ2v) is 9.31. The van der Waals surface area contributed by atoms with Crippen LogP contribution < -0.4 is 5.73 Å². The van der Waals surface area contributed by atoms with Crippen molar-refractivity contribution in [3.8, 4) is 0 Å². The van der Waals surface area contributed by atoms with Gasteiger partial charge >= 0.3 is 12.4 Å². The zero-order chi connectivity index (χ0) is 27.7. The molecule has 2 aromatic rings. The Balaban J connectivity index is 1.91. The minimum atomic E-state index is -5.00. The minimum absolute atomic E-state index is 0.0348. The number of rotatable bonds is 6. The van der Waals surface area contributed by atoms with Gasteiger partial charge in [0, 0.05) is 32.0 Å². The van der Waals surface area contributed by atoms with Gasteiger partial charge in [0.1, 0.15) is 5.82 Å². The number of benzene rings is 2. The highest BCUT2D eigenvalue weighted by Crippen LogP contribution is 2.38. The quantitative estimate of drug-likeness (QED) is 0.547. The Kier molecular flexibility index (Phi) is 8.21. The SMILES string of the molecule is Cc1cc(F)ccc1[C@@H]1CN(CC(N)=O)CC[C@H]1C(=O)N(C)Cc1cc(C(F)(F)F)cc(C(F)(F)F)c1. The molecule has 1 saturated heterocycles. The third-order valence-electron chi connectivity index (χ3n) is 6.47. The first-order chi connectivity index (χ1) is 17.1. The van der Waals surface area contributed by atoms with Crippen LogP contribution in [-0.2, 0) is 28.5 Å². The van der Waals surface area contributed by atoms with Crippen molar-refractivity contribution in [2.75, 3.05) is 26.7 Å². The van der Waals surface area contributed by atoms with Crippen LogP contribution in [0.1, 0.15) is 40.2 Å². The number of carbonyl (C=O) groups excluding carboxylic acids is 2. The Morgan fingerprint density at radius 3 is 2.14 bits per heavy atom. The highest BCUT2D eigenvalue weighted by atomic mass is 19.4. The van der Waals surface area contributed by atoms with E-state index in [9.17, 15) is 40.3 Å². The molecule has 0 bridgehead atoms. The molecule has 1 aliphatic heterocycles. The number of piperidine rings is 1. The molecular formula is C25H26F7N3O2. The van der Waals surface area contributed by atoms with Crippen molar-refractivity contribution < 1.29 is 40.3 Å². The average Bonchev–Trinajstić information content (AvgIpc) is 2.77. The molecule has 5 nitrogen and oxygen atoms in total. The van der Waals surface area contributed by atoms with E-state index in [1.807, 2.05) is 0 Å². The summed E-state index contributed by atoms with van der Waals surface area (Å²) in [6, 6.07) is 5.29. The van der Waals surface area contributed by atoms with Crippen LogP contribution in [0.15, 0.2) is 36.4 Å². The monoisotopic (exact) mass is 533 g/mol. The Morgan fingerprint density at radius 2 is 1.62 bits per heavy atom. The van der Waals surface area contributed by atoms with Gasteiger partial charge in [-0.1, -0.05) is 6.07 Å². The molecule has 0 aromatic heterocycles. The molecule has 0 saturated carbocycles. The number of alkyl halides is 6. The Morgan fingerprint density at radius 1 is 1.03 bits per heavy atom. The van der Waals surface area contributed by atoms with E-state index < -0.39 is 59.5 Å². The summed E-state index contributed by atoms with van der Waals surface area (Å²) in [5.41, 5.74) is 3.29. The fourth-order valence-corrected chi connectivity index (χ4v) is 4.79. The van der Waals surface area contributed by atoms with Crippen LogP contribution >= 0.6 is 0 Å². The molecule has 0 spiro atoms. The summed E-state index contributed by atoms with van der Waals surface area (Å²) >= 11 is 0. The van der Waals surface area contributed by atoms with E-state index in [0.717, 1.165) is 4.90 Å². The Labute approximate surface area is 209 Å². The van der Waals surface area contributed by atoms with Crippen molar-refractivity contribution >= 4 is 11.8 Å². The summed E-state index contributed by atoms with van der Waals surface area (Å²) in [4.78, 5) is 27.7. The van der Waals surface area contributed by atoms with Gasteiger partial charge in [0.2, 0.25) is 11.8 Å². The largest absolute Gasteiger partial charge is 0.416 e. The van der Waals surface area contributed by atoms with Gasteiger partial charge < -0.3 is 10.6 Å².